The summed E-state index contributed by atoms with van der Waals surface area (Å²) in [7, 11) is 0. The molecule has 0 aliphatic carbocycles. The molecule has 0 spiro atoms. The van der Waals surface area contributed by atoms with Crippen LogP contribution in [0.4, 0.5) is 0 Å². The number of hydrogen-bond donors (Lipinski definition) is 2. The van der Waals surface area contributed by atoms with E-state index in [0.29, 0.717) is 23.1 Å². The SMILES string of the molecule is CC(C)NC(=O)C(C)NCc1cc(Cl)c2c(c1)OCO2. The predicted octanol–water partition coefficient (Wildman–Crippen LogP) is 2.07. The van der Waals surface area contributed by atoms with Crippen molar-refractivity contribution in [3.05, 3.63) is 22.7 Å². The van der Waals surface area contributed by atoms with Gasteiger partial charge >= 0.3 is 0 Å². The van der Waals surface area contributed by atoms with Crippen LogP contribution >= 0.6 is 11.6 Å². The molecule has 110 valence electrons. The second kappa shape index (κ2) is 6.33. The van der Waals surface area contributed by atoms with Crippen molar-refractivity contribution in [2.24, 2.45) is 0 Å². The summed E-state index contributed by atoms with van der Waals surface area (Å²) in [6.45, 7) is 6.42. The molecule has 1 aromatic carbocycles. The number of carbonyl (C=O) groups is 1. The Morgan fingerprint density at radius 3 is 2.80 bits per heavy atom. The minimum atomic E-state index is -0.276. The van der Waals surface area contributed by atoms with Gasteiger partial charge in [-0.2, -0.15) is 0 Å². The van der Waals surface area contributed by atoms with Gasteiger partial charge < -0.3 is 20.1 Å². The van der Waals surface area contributed by atoms with E-state index in [4.69, 9.17) is 21.1 Å². The molecule has 0 bridgehead atoms. The van der Waals surface area contributed by atoms with Crippen molar-refractivity contribution < 1.29 is 14.3 Å². The average molecular weight is 299 g/mol. The molecule has 0 saturated carbocycles. The first-order valence-corrected chi connectivity index (χ1v) is 6.97. The van der Waals surface area contributed by atoms with Crippen LogP contribution in [-0.2, 0) is 11.3 Å². The molecule has 1 aliphatic heterocycles. The lowest BCUT2D eigenvalue weighted by atomic mass is 10.2. The van der Waals surface area contributed by atoms with E-state index in [2.05, 4.69) is 10.6 Å². The van der Waals surface area contributed by atoms with Crippen LogP contribution in [0, 0.1) is 0 Å². The molecule has 0 aromatic heterocycles. The van der Waals surface area contributed by atoms with Crippen molar-refractivity contribution >= 4 is 17.5 Å². The highest BCUT2D eigenvalue weighted by molar-refractivity contribution is 6.32. The van der Waals surface area contributed by atoms with Gasteiger partial charge in [-0.25, -0.2) is 0 Å². The molecule has 1 aromatic rings. The van der Waals surface area contributed by atoms with Crippen molar-refractivity contribution in [1.82, 2.24) is 10.6 Å². The molecule has 1 unspecified atom stereocenters. The van der Waals surface area contributed by atoms with E-state index < -0.39 is 0 Å². The van der Waals surface area contributed by atoms with Crippen LogP contribution in [0.2, 0.25) is 5.02 Å². The van der Waals surface area contributed by atoms with Gasteiger partial charge in [0.1, 0.15) is 0 Å². The quantitative estimate of drug-likeness (QED) is 0.874. The van der Waals surface area contributed by atoms with Crippen molar-refractivity contribution in [3.63, 3.8) is 0 Å². The number of halogens is 1. The molecule has 0 radical (unpaired) electrons. The van der Waals surface area contributed by atoms with E-state index in [9.17, 15) is 4.79 Å². The fourth-order valence-electron chi connectivity index (χ4n) is 1.90. The van der Waals surface area contributed by atoms with E-state index >= 15 is 0 Å². The minimum Gasteiger partial charge on any atom is -0.454 e. The number of hydrogen-bond acceptors (Lipinski definition) is 4. The van der Waals surface area contributed by atoms with Gasteiger partial charge in [-0.05, 0) is 38.5 Å². The molecule has 20 heavy (non-hydrogen) atoms. The Bertz CT molecular complexity index is 505. The molecule has 2 N–H and O–H groups in total. The summed E-state index contributed by atoms with van der Waals surface area (Å²) in [6.07, 6.45) is 0. The highest BCUT2D eigenvalue weighted by atomic mass is 35.5. The first-order valence-electron chi connectivity index (χ1n) is 6.59. The van der Waals surface area contributed by atoms with Crippen LogP contribution in [0.15, 0.2) is 12.1 Å². The number of ether oxygens (including phenoxy) is 2. The maximum Gasteiger partial charge on any atom is 0.237 e. The van der Waals surface area contributed by atoms with Crippen molar-refractivity contribution in [2.75, 3.05) is 6.79 Å². The van der Waals surface area contributed by atoms with Crippen LogP contribution in [0.1, 0.15) is 26.3 Å². The zero-order valence-corrected chi connectivity index (χ0v) is 12.6. The van der Waals surface area contributed by atoms with Crippen LogP contribution in [0.25, 0.3) is 0 Å². The third kappa shape index (κ3) is 3.55. The molecular formula is C14H19ClN2O3. The summed E-state index contributed by atoms with van der Waals surface area (Å²) in [5.74, 6) is 1.21. The number of nitrogens with one attached hydrogen (secondary N) is 2. The third-order valence-electron chi connectivity index (χ3n) is 2.92. The van der Waals surface area contributed by atoms with Crippen molar-refractivity contribution in [1.29, 1.82) is 0 Å². The number of fused-ring (bicyclic) bond motifs is 1. The van der Waals surface area contributed by atoms with E-state index in [-0.39, 0.29) is 24.8 Å². The lowest BCUT2D eigenvalue weighted by Gasteiger charge is -2.16. The summed E-state index contributed by atoms with van der Waals surface area (Å²) >= 11 is 6.11. The molecule has 0 fully saturated rings. The molecule has 0 saturated heterocycles. The summed E-state index contributed by atoms with van der Waals surface area (Å²) in [4.78, 5) is 11.8. The Kier molecular flexibility index (Phi) is 4.73. The summed E-state index contributed by atoms with van der Waals surface area (Å²) in [5.41, 5.74) is 0.948. The minimum absolute atomic E-state index is 0.0214. The average Bonchev–Trinajstić information content (AvgIpc) is 2.83. The monoisotopic (exact) mass is 298 g/mol. The lowest BCUT2D eigenvalue weighted by Crippen LogP contribution is -2.44. The summed E-state index contributed by atoms with van der Waals surface area (Å²) < 4.78 is 10.6. The maximum absolute atomic E-state index is 11.8. The van der Waals surface area contributed by atoms with Gasteiger partial charge in [0.2, 0.25) is 12.7 Å². The molecule has 5 nitrogen and oxygen atoms in total. The second-order valence-electron chi connectivity index (χ2n) is 5.08. The molecule has 1 heterocycles. The van der Waals surface area contributed by atoms with E-state index in [1.54, 1.807) is 0 Å². The van der Waals surface area contributed by atoms with Crippen LogP contribution in [0.3, 0.4) is 0 Å². The smallest absolute Gasteiger partial charge is 0.237 e. The van der Waals surface area contributed by atoms with Crippen molar-refractivity contribution in [3.8, 4) is 11.5 Å². The second-order valence-corrected chi connectivity index (χ2v) is 5.48. The fraction of sp³-hybridized carbons (Fsp3) is 0.500. The van der Waals surface area contributed by atoms with Gasteiger partial charge in [0, 0.05) is 12.6 Å². The summed E-state index contributed by atoms with van der Waals surface area (Å²) in [6, 6.07) is 3.54. The number of carbonyl (C=O) groups excluding carboxylic acids is 1. The maximum atomic E-state index is 11.8. The van der Waals surface area contributed by atoms with E-state index in [0.717, 1.165) is 5.56 Å². The first-order chi connectivity index (χ1) is 9.47. The molecule has 1 atom stereocenters. The summed E-state index contributed by atoms with van der Waals surface area (Å²) in [5, 5.41) is 6.54. The fourth-order valence-corrected chi connectivity index (χ4v) is 2.18. The van der Waals surface area contributed by atoms with Crippen LogP contribution in [-0.4, -0.2) is 24.8 Å². The Labute approximate surface area is 123 Å². The standard InChI is InChI=1S/C14H19ClN2O3/c1-8(2)17-14(18)9(3)16-6-10-4-11(15)13-12(5-10)19-7-20-13/h4-5,8-9,16H,6-7H2,1-3H3,(H,17,18). The van der Waals surface area contributed by atoms with E-state index in [1.165, 1.54) is 0 Å². The normalized spacial score (nSPS) is 14.4. The molecule has 2 rings (SSSR count). The molecule has 1 aliphatic rings. The third-order valence-corrected chi connectivity index (χ3v) is 3.20. The Hall–Kier alpha value is -1.46. The zero-order valence-electron chi connectivity index (χ0n) is 11.8. The number of amides is 1. The van der Waals surface area contributed by atoms with Crippen LogP contribution < -0.4 is 20.1 Å². The lowest BCUT2D eigenvalue weighted by molar-refractivity contribution is -0.123. The first kappa shape index (κ1) is 14.9. The van der Waals surface area contributed by atoms with Gasteiger partial charge in [-0.15, -0.1) is 0 Å². The van der Waals surface area contributed by atoms with E-state index in [1.807, 2.05) is 32.9 Å². The number of benzene rings is 1. The zero-order chi connectivity index (χ0) is 14.7. The Balaban J connectivity index is 1.94. The largest absolute Gasteiger partial charge is 0.454 e. The predicted molar refractivity (Wildman–Crippen MR) is 77.2 cm³/mol. The topological polar surface area (TPSA) is 59.6 Å². The van der Waals surface area contributed by atoms with Gasteiger partial charge in [-0.1, -0.05) is 11.6 Å². The Morgan fingerprint density at radius 2 is 2.10 bits per heavy atom. The van der Waals surface area contributed by atoms with Gasteiger partial charge in [0.05, 0.1) is 11.1 Å². The van der Waals surface area contributed by atoms with Crippen LogP contribution in [0.5, 0.6) is 11.5 Å². The van der Waals surface area contributed by atoms with Crippen molar-refractivity contribution in [2.45, 2.75) is 39.4 Å². The molecule has 1 amide bonds. The highest BCUT2D eigenvalue weighted by Gasteiger charge is 2.19. The Morgan fingerprint density at radius 1 is 1.35 bits per heavy atom. The van der Waals surface area contributed by atoms with Gasteiger partial charge in [0.25, 0.3) is 0 Å². The highest BCUT2D eigenvalue weighted by Crippen LogP contribution is 2.39. The van der Waals surface area contributed by atoms with Gasteiger partial charge in [-0.3, -0.25) is 4.79 Å². The van der Waals surface area contributed by atoms with Gasteiger partial charge in [0.15, 0.2) is 11.5 Å². The molecular weight excluding hydrogens is 280 g/mol. The number of rotatable bonds is 5. The molecule has 6 heteroatoms.